The molecule has 0 bridgehead atoms. The van der Waals surface area contributed by atoms with Gasteiger partial charge in [0.05, 0.1) is 0 Å². The molecule has 34 heavy (non-hydrogen) atoms. The van der Waals surface area contributed by atoms with Gasteiger partial charge in [0.2, 0.25) is 0 Å². The predicted octanol–water partition coefficient (Wildman–Crippen LogP) is 8.04. The van der Waals surface area contributed by atoms with Crippen LogP contribution in [0.25, 0.3) is 11.4 Å². The molecule has 0 saturated heterocycles. The summed E-state index contributed by atoms with van der Waals surface area (Å²) in [4.78, 5) is 8.55. The fraction of sp³-hybridized carbons (Fsp3) is 0.583. The molecule has 0 radical (unpaired) electrons. The summed E-state index contributed by atoms with van der Waals surface area (Å²) < 4.78 is 93.6. The summed E-state index contributed by atoms with van der Waals surface area (Å²) in [6, 6.07) is 5.16. The maximum atomic E-state index is 13.3. The van der Waals surface area contributed by atoms with Crippen molar-refractivity contribution in [3.05, 3.63) is 42.2 Å². The third kappa shape index (κ3) is 7.84. The molecule has 10 heteroatoms. The van der Waals surface area contributed by atoms with E-state index in [1.165, 1.54) is 62.8 Å². The van der Waals surface area contributed by atoms with Crippen LogP contribution in [0.1, 0.15) is 63.9 Å². The molecule has 0 amide bonds. The maximum absolute atomic E-state index is 13.3. The van der Waals surface area contributed by atoms with Crippen molar-refractivity contribution >= 4 is 0 Å². The lowest BCUT2D eigenvalue weighted by Crippen LogP contribution is -2.54. The van der Waals surface area contributed by atoms with Crippen molar-refractivity contribution < 1.29 is 35.5 Å². The quantitative estimate of drug-likeness (QED) is 0.197. The van der Waals surface area contributed by atoms with E-state index >= 15 is 0 Å². The first kappa shape index (κ1) is 27.9. The zero-order valence-corrected chi connectivity index (χ0v) is 19.0. The molecule has 1 aromatic carbocycles. The van der Waals surface area contributed by atoms with Crippen LogP contribution in [0.3, 0.4) is 0 Å². The molecule has 0 N–H and O–H groups in total. The van der Waals surface area contributed by atoms with Crippen LogP contribution in [0.2, 0.25) is 0 Å². The summed E-state index contributed by atoms with van der Waals surface area (Å²) in [5, 5.41) is 0. The number of hydrogen-bond acceptors (Lipinski definition) is 3. The highest BCUT2D eigenvalue weighted by Crippen LogP contribution is 2.46. The average Bonchev–Trinajstić information content (AvgIpc) is 2.79. The number of benzene rings is 1. The van der Waals surface area contributed by atoms with E-state index in [4.69, 9.17) is 0 Å². The van der Waals surface area contributed by atoms with Gasteiger partial charge in [0.25, 0.3) is 0 Å². The first-order valence-electron chi connectivity index (χ1n) is 11.3. The van der Waals surface area contributed by atoms with Crippen molar-refractivity contribution in [1.29, 1.82) is 0 Å². The second kappa shape index (κ2) is 12.4. The lowest BCUT2D eigenvalue weighted by atomic mass is 10.1. The van der Waals surface area contributed by atoms with Crippen molar-refractivity contribution in [1.82, 2.24) is 9.97 Å². The summed E-state index contributed by atoms with van der Waals surface area (Å²) in [6.45, 7) is 0.0708. The van der Waals surface area contributed by atoms with Crippen molar-refractivity contribution in [3.63, 3.8) is 0 Å². The van der Waals surface area contributed by atoms with Crippen molar-refractivity contribution in [3.8, 4) is 17.1 Å². The Bertz CT molecular complexity index is 853. The number of rotatable bonds is 14. The largest absolute Gasteiger partial charge is 0.487 e. The van der Waals surface area contributed by atoms with E-state index < -0.39 is 24.6 Å². The zero-order chi connectivity index (χ0) is 25.2. The Kier molecular flexibility index (Phi) is 10.1. The van der Waals surface area contributed by atoms with E-state index in [0.29, 0.717) is 11.4 Å². The first-order valence-corrected chi connectivity index (χ1v) is 11.3. The highest BCUT2D eigenvalue weighted by atomic mass is 19.4. The Morgan fingerprint density at radius 2 is 1.26 bits per heavy atom. The Morgan fingerprint density at radius 1 is 0.735 bits per heavy atom. The van der Waals surface area contributed by atoms with Crippen LogP contribution in [-0.2, 0) is 6.42 Å². The smallest absolute Gasteiger partial charge is 0.460 e. The van der Waals surface area contributed by atoms with Crippen molar-refractivity contribution in [2.24, 2.45) is 0 Å². The van der Waals surface area contributed by atoms with Crippen molar-refractivity contribution in [2.45, 2.75) is 82.7 Å². The second-order valence-electron chi connectivity index (χ2n) is 8.23. The molecule has 0 saturated carbocycles. The van der Waals surface area contributed by atoms with E-state index in [0.717, 1.165) is 24.8 Å². The van der Waals surface area contributed by atoms with Crippen LogP contribution in [0, 0.1) is 0 Å². The summed E-state index contributed by atoms with van der Waals surface area (Å²) >= 11 is 0. The molecular formula is C24H29F7N2O. The molecular weight excluding hydrogens is 465 g/mol. The Morgan fingerprint density at radius 3 is 1.79 bits per heavy atom. The third-order valence-electron chi connectivity index (χ3n) is 5.37. The van der Waals surface area contributed by atoms with E-state index in [9.17, 15) is 30.7 Å². The minimum Gasteiger partial charge on any atom is -0.487 e. The van der Waals surface area contributed by atoms with Gasteiger partial charge in [-0.1, -0.05) is 51.9 Å². The van der Waals surface area contributed by atoms with E-state index in [1.54, 1.807) is 12.4 Å². The van der Waals surface area contributed by atoms with Gasteiger partial charge in [-0.2, -0.15) is 30.7 Å². The highest BCUT2D eigenvalue weighted by molar-refractivity contribution is 5.55. The monoisotopic (exact) mass is 494 g/mol. The van der Waals surface area contributed by atoms with Gasteiger partial charge in [-0.3, -0.25) is 0 Å². The minimum atomic E-state index is -6.39. The van der Waals surface area contributed by atoms with Gasteiger partial charge in [-0.25, -0.2) is 9.97 Å². The topological polar surface area (TPSA) is 35.0 Å². The van der Waals surface area contributed by atoms with Crippen LogP contribution in [0.15, 0.2) is 36.7 Å². The Hall–Kier alpha value is -2.39. The third-order valence-corrected chi connectivity index (χ3v) is 5.37. The highest BCUT2D eigenvalue weighted by Gasteiger charge is 2.73. The fourth-order valence-electron chi connectivity index (χ4n) is 3.27. The molecule has 1 aromatic heterocycles. The van der Waals surface area contributed by atoms with Crippen molar-refractivity contribution in [2.75, 3.05) is 6.61 Å². The number of aryl methyl sites for hydroxylation is 1. The summed E-state index contributed by atoms with van der Waals surface area (Å²) in [5.41, 5.74) is 1.50. The van der Waals surface area contributed by atoms with Gasteiger partial charge < -0.3 is 4.74 Å². The molecule has 2 rings (SSSR count). The van der Waals surface area contributed by atoms with Gasteiger partial charge in [0.15, 0.2) is 12.4 Å². The van der Waals surface area contributed by atoms with E-state index in [2.05, 4.69) is 21.6 Å². The van der Waals surface area contributed by atoms with Gasteiger partial charge >= 0.3 is 18.0 Å². The molecule has 0 aliphatic heterocycles. The second-order valence-corrected chi connectivity index (χ2v) is 8.23. The SMILES string of the molecule is CCCCCCCCCCc1cnc(-c2ccc(OCC(F)(F)C(F)(F)C(F)(F)F)cc2)nc1. The molecule has 190 valence electrons. The maximum Gasteiger partial charge on any atom is 0.460 e. The Balaban J connectivity index is 1.82. The van der Waals surface area contributed by atoms with Crippen LogP contribution in [-0.4, -0.2) is 34.6 Å². The number of ether oxygens (including phenoxy) is 1. The number of aromatic nitrogens is 2. The number of hydrogen-bond donors (Lipinski definition) is 0. The Labute approximate surface area is 194 Å². The fourth-order valence-corrected chi connectivity index (χ4v) is 3.27. The van der Waals surface area contributed by atoms with Crippen LogP contribution in [0.5, 0.6) is 5.75 Å². The summed E-state index contributed by atoms with van der Waals surface area (Å²) in [7, 11) is 0. The molecule has 0 fully saturated rings. The summed E-state index contributed by atoms with van der Waals surface area (Å²) in [5.74, 6) is -11.5. The molecule has 0 spiro atoms. The van der Waals surface area contributed by atoms with Gasteiger partial charge in [0.1, 0.15) is 5.75 Å². The van der Waals surface area contributed by atoms with E-state index in [-0.39, 0.29) is 5.75 Å². The average molecular weight is 494 g/mol. The van der Waals surface area contributed by atoms with Crippen LogP contribution >= 0.6 is 0 Å². The number of halogens is 7. The first-order chi connectivity index (χ1) is 16.0. The number of nitrogens with zero attached hydrogens (tertiary/aromatic N) is 2. The number of unbranched alkanes of at least 4 members (excludes halogenated alkanes) is 7. The summed E-state index contributed by atoms with van der Waals surface area (Å²) in [6.07, 6.45) is 7.60. The van der Waals surface area contributed by atoms with E-state index in [1.807, 2.05) is 0 Å². The molecule has 1 heterocycles. The van der Waals surface area contributed by atoms with Gasteiger partial charge in [-0.05, 0) is 42.7 Å². The lowest BCUT2D eigenvalue weighted by Gasteiger charge is -2.27. The molecule has 3 nitrogen and oxygen atoms in total. The molecule has 0 atom stereocenters. The standard InChI is InChI=1S/C24H29F7N2O/c1-2-3-4-5-6-7-8-9-10-18-15-32-21(33-16-18)19-11-13-20(14-12-19)34-17-22(25,26)23(27,28)24(29,30)31/h11-16H,2-10,17H2,1H3. The minimum absolute atomic E-state index is 0.285. The van der Waals surface area contributed by atoms with Crippen LogP contribution in [0.4, 0.5) is 30.7 Å². The predicted molar refractivity (Wildman–Crippen MR) is 115 cm³/mol. The lowest BCUT2D eigenvalue weighted by molar-refractivity contribution is -0.358. The molecule has 0 unspecified atom stereocenters. The number of alkyl halides is 7. The molecule has 2 aromatic rings. The zero-order valence-electron chi connectivity index (χ0n) is 19.0. The molecule has 0 aliphatic rings. The van der Waals surface area contributed by atoms with Gasteiger partial charge in [0, 0.05) is 18.0 Å². The normalized spacial score (nSPS) is 12.7. The molecule has 0 aliphatic carbocycles. The van der Waals surface area contributed by atoms with Crippen LogP contribution < -0.4 is 4.74 Å². The van der Waals surface area contributed by atoms with Gasteiger partial charge in [-0.15, -0.1) is 0 Å².